The summed E-state index contributed by atoms with van der Waals surface area (Å²) in [7, 11) is 0. The van der Waals surface area contributed by atoms with Crippen molar-refractivity contribution in [2.75, 3.05) is 6.54 Å². The first-order valence-corrected chi connectivity index (χ1v) is 6.10. The highest BCUT2D eigenvalue weighted by atomic mass is 19.1. The summed E-state index contributed by atoms with van der Waals surface area (Å²) in [5.41, 5.74) is 4.97. The van der Waals surface area contributed by atoms with Crippen LogP contribution in [0.5, 0.6) is 0 Å². The van der Waals surface area contributed by atoms with Gasteiger partial charge in [0, 0.05) is 6.54 Å². The third-order valence-electron chi connectivity index (χ3n) is 3.38. The van der Waals surface area contributed by atoms with Crippen molar-refractivity contribution in [3.8, 4) is 0 Å². The van der Waals surface area contributed by atoms with Crippen LogP contribution in [0.3, 0.4) is 0 Å². The molecule has 0 aliphatic heterocycles. The van der Waals surface area contributed by atoms with E-state index in [1.54, 1.807) is 0 Å². The van der Waals surface area contributed by atoms with E-state index in [2.05, 4.69) is 13.8 Å². The van der Waals surface area contributed by atoms with E-state index < -0.39 is 5.67 Å². The number of hydrogen-bond donors (Lipinski definition) is 1. The van der Waals surface area contributed by atoms with E-state index in [0.717, 1.165) is 12.8 Å². The predicted molar refractivity (Wildman–Crippen MR) is 67.0 cm³/mol. The predicted octanol–water partition coefficient (Wildman–Crippen LogP) is 3.64. The summed E-state index contributed by atoms with van der Waals surface area (Å²) in [6, 6.07) is 9.29. The van der Waals surface area contributed by atoms with Crippen LogP contribution in [-0.2, 0) is 5.67 Å². The maximum absolute atomic E-state index is 14.8. The third-order valence-corrected chi connectivity index (χ3v) is 3.38. The molecule has 0 amide bonds. The summed E-state index contributed by atoms with van der Waals surface area (Å²) < 4.78 is 14.8. The van der Waals surface area contributed by atoms with Gasteiger partial charge in [-0.3, -0.25) is 0 Å². The van der Waals surface area contributed by atoms with Crippen molar-refractivity contribution in [1.82, 2.24) is 0 Å². The van der Waals surface area contributed by atoms with Crippen molar-refractivity contribution in [2.24, 2.45) is 11.7 Å². The van der Waals surface area contributed by atoms with E-state index in [0.29, 0.717) is 17.9 Å². The summed E-state index contributed by atoms with van der Waals surface area (Å²) in [6.45, 7) is 4.28. The minimum atomic E-state index is -1.36. The molecular formula is C14H22FN. The zero-order chi connectivity index (χ0) is 12.0. The van der Waals surface area contributed by atoms with Gasteiger partial charge in [-0.15, -0.1) is 0 Å². The van der Waals surface area contributed by atoms with Crippen LogP contribution >= 0.6 is 0 Å². The molecule has 0 saturated carbocycles. The van der Waals surface area contributed by atoms with Crippen LogP contribution in [0.15, 0.2) is 30.3 Å². The average molecular weight is 223 g/mol. The lowest BCUT2D eigenvalue weighted by molar-refractivity contribution is 0.128. The molecule has 1 aromatic carbocycles. The Bertz CT molecular complexity index is 295. The summed E-state index contributed by atoms with van der Waals surface area (Å²) in [6.07, 6.45) is 2.55. The van der Waals surface area contributed by atoms with Gasteiger partial charge in [-0.2, -0.15) is 0 Å². The second kappa shape index (κ2) is 6.00. The topological polar surface area (TPSA) is 26.0 Å². The van der Waals surface area contributed by atoms with Crippen molar-refractivity contribution in [3.05, 3.63) is 35.9 Å². The van der Waals surface area contributed by atoms with Gasteiger partial charge < -0.3 is 5.73 Å². The molecule has 0 fully saturated rings. The molecular weight excluding hydrogens is 201 g/mol. The molecule has 2 heteroatoms. The van der Waals surface area contributed by atoms with Crippen LogP contribution in [-0.4, -0.2) is 6.54 Å². The number of rotatable bonds is 6. The van der Waals surface area contributed by atoms with E-state index in [1.165, 1.54) is 0 Å². The van der Waals surface area contributed by atoms with E-state index in [-0.39, 0.29) is 6.54 Å². The Morgan fingerprint density at radius 3 is 2.19 bits per heavy atom. The fourth-order valence-corrected chi connectivity index (χ4v) is 2.09. The first-order chi connectivity index (χ1) is 7.66. The Morgan fingerprint density at radius 2 is 1.75 bits per heavy atom. The Balaban J connectivity index is 2.85. The van der Waals surface area contributed by atoms with Gasteiger partial charge in [-0.1, -0.05) is 57.0 Å². The highest BCUT2D eigenvalue weighted by Crippen LogP contribution is 2.34. The molecule has 0 aliphatic carbocycles. The SMILES string of the molecule is CCC(CC)CC(F)(CN)c1ccccc1. The Hall–Kier alpha value is -0.890. The van der Waals surface area contributed by atoms with E-state index in [1.807, 2.05) is 30.3 Å². The number of hydrogen-bond acceptors (Lipinski definition) is 1. The molecule has 0 bridgehead atoms. The van der Waals surface area contributed by atoms with Crippen LogP contribution in [0.2, 0.25) is 0 Å². The van der Waals surface area contributed by atoms with E-state index in [4.69, 9.17) is 5.73 Å². The molecule has 1 rings (SSSR count). The van der Waals surface area contributed by atoms with Crippen LogP contribution < -0.4 is 5.73 Å². The molecule has 16 heavy (non-hydrogen) atoms. The monoisotopic (exact) mass is 223 g/mol. The highest BCUT2D eigenvalue weighted by Gasteiger charge is 2.32. The van der Waals surface area contributed by atoms with Gasteiger partial charge in [0.2, 0.25) is 0 Å². The van der Waals surface area contributed by atoms with Gasteiger partial charge in [-0.25, -0.2) is 4.39 Å². The summed E-state index contributed by atoms with van der Waals surface area (Å²) >= 11 is 0. The number of benzene rings is 1. The van der Waals surface area contributed by atoms with Gasteiger partial charge in [0.15, 0.2) is 0 Å². The summed E-state index contributed by atoms with van der Waals surface area (Å²) in [4.78, 5) is 0. The standard InChI is InChI=1S/C14H22FN/c1-3-12(4-2)10-14(15,11-16)13-8-6-5-7-9-13/h5-9,12H,3-4,10-11,16H2,1-2H3. The van der Waals surface area contributed by atoms with E-state index in [9.17, 15) is 4.39 Å². The Kier molecular flexibility index (Phi) is 4.94. The van der Waals surface area contributed by atoms with Gasteiger partial charge in [0.1, 0.15) is 5.67 Å². The largest absolute Gasteiger partial charge is 0.327 e. The molecule has 0 spiro atoms. The maximum atomic E-state index is 14.8. The zero-order valence-corrected chi connectivity index (χ0v) is 10.2. The molecule has 0 radical (unpaired) electrons. The lowest BCUT2D eigenvalue weighted by Gasteiger charge is -2.28. The van der Waals surface area contributed by atoms with Crippen molar-refractivity contribution < 1.29 is 4.39 Å². The van der Waals surface area contributed by atoms with Crippen molar-refractivity contribution in [1.29, 1.82) is 0 Å². The normalized spacial score (nSPS) is 15.1. The summed E-state index contributed by atoms with van der Waals surface area (Å²) in [5.74, 6) is 0.411. The molecule has 90 valence electrons. The molecule has 0 aliphatic rings. The lowest BCUT2D eigenvalue weighted by Crippen LogP contribution is -2.32. The van der Waals surface area contributed by atoms with Gasteiger partial charge in [0.05, 0.1) is 0 Å². The fraction of sp³-hybridized carbons (Fsp3) is 0.571. The maximum Gasteiger partial charge on any atom is 0.148 e. The number of alkyl halides is 1. The molecule has 1 aromatic rings. The van der Waals surface area contributed by atoms with Crippen molar-refractivity contribution in [2.45, 2.75) is 38.8 Å². The van der Waals surface area contributed by atoms with Crippen LogP contribution in [0.25, 0.3) is 0 Å². The molecule has 0 heterocycles. The molecule has 2 N–H and O–H groups in total. The Labute approximate surface area is 97.9 Å². The van der Waals surface area contributed by atoms with Crippen LogP contribution in [0, 0.1) is 5.92 Å². The fourth-order valence-electron chi connectivity index (χ4n) is 2.09. The lowest BCUT2D eigenvalue weighted by atomic mass is 9.84. The summed E-state index contributed by atoms with van der Waals surface area (Å²) in [5, 5.41) is 0. The molecule has 1 unspecified atom stereocenters. The van der Waals surface area contributed by atoms with Gasteiger partial charge in [-0.05, 0) is 17.9 Å². The van der Waals surface area contributed by atoms with Crippen molar-refractivity contribution >= 4 is 0 Å². The van der Waals surface area contributed by atoms with Crippen LogP contribution in [0.1, 0.15) is 38.7 Å². The first kappa shape index (κ1) is 13.2. The number of halogens is 1. The minimum absolute atomic E-state index is 0.0630. The smallest absolute Gasteiger partial charge is 0.148 e. The molecule has 1 nitrogen and oxygen atoms in total. The molecule has 1 atom stereocenters. The number of nitrogens with two attached hydrogens (primary N) is 1. The second-order valence-corrected chi connectivity index (χ2v) is 4.42. The van der Waals surface area contributed by atoms with Gasteiger partial charge >= 0.3 is 0 Å². The highest BCUT2D eigenvalue weighted by molar-refractivity contribution is 5.23. The zero-order valence-electron chi connectivity index (χ0n) is 10.2. The Morgan fingerprint density at radius 1 is 1.19 bits per heavy atom. The quantitative estimate of drug-likeness (QED) is 0.783. The van der Waals surface area contributed by atoms with E-state index >= 15 is 0 Å². The molecule has 0 saturated heterocycles. The van der Waals surface area contributed by atoms with Crippen molar-refractivity contribution in [3.63, 3.8) is 0 Å². The van der Waals surface area contributed by atoms with Gasteiger partial charge in [0.25, 0.3) is 0 Å². The molecule has 0 aromatic heterocycles. The average Bonchev–Trinajstić information content (AvgIpc) is 2.36. The minimum Gasteiger partial charge on any atom is -0.327 e. The second-order valence-electron chi connectivity index (χ2n) is 4.42. The third kappa shape index (κ3) is 3.05. The first-order valence-electron chi connectivity index (χ1n) is 6.10. The van der Waals surface area contributed by atoms with Crippen LogP contribution in [0.4, 0.5) is 4.39 Å².